The third-order valence-electron chi connectivity index (χ3n) is 3.82. The summed E-state index contributed by atoms with van der Waals surface area (Å²) in [6.45, 7) is 2.95. The molecule has 0 bridgehead atoms. The second kappa shape index (κ2) is 6.52. The Balaban J connectivity index is 1.87. The van der Waals surface area contributed by atoms with Crippen LogP contribution in [-0.2, 0) is 0 Å². The Morgan fingerprint density at radius 3 is 2.27 bits per heavy atom. The van der Waals surface area contributed by atoms with Gasteiger partial charge in [-0.15, -0.1) is 0 Å². The summed E-state index contributed by atoms with van der Waals surface area (Å²) < 4.78 is 5.77. The molecule has 0 radical (unpaired) electrons. The Labute approximate surface area is 131 Å². The van der Waals surface area contributed by atoms with Crippen molar-refractivity contribution in [3.05, 3.63) is 60.7 Å². The highest BCUT2D eigenvalue weighted by atomic mass is 16.5. The Morgan fingerprint density at radius 2 is 1.50 bits per heavy atom. The Hall–Kier alpha value is -2.48. The van der Waals surface area contributed by atoms with E-state index in [4.69, 9.17) is 10.5 Å². The van der Waals surface area contributed by atoms with Gasteiger partial charge in [0.05, 0.1) is 6.61 Å². The van der Waals surface area contributed by atoms with Crippen molar-refractivity contribution in [2.45, 2.75) is 19.8 Å². The molecule has 0 spiro atoms. The molecule has 0 aliphatic carbocycles. The molecular weight excluding hydrogens is 270 g/mol. The molecule has 3 aromatic rings. The Kier molecular flexibility index (Phi) is 4.29. The number of anilines is 1. The van der Waals surface area contributed by atoms with Gasteiger partial charge in [0, 0.05) is 5.69 Å². The predicted octanol–water partition coefficient (Wildman–Crippen LogP) is 5.27. The van der Waals surface area contributed by atoms with Gasteiger partial charge in [-0.05, 0) is 58.7 Å². The lowest BCUT2D eigenvalue weighted by Gasteiger charge is -2.08. The van der Waals surface area contributed by atoms with Crippen LogP contribution < -0.4 is 10.5 Å². The van der Waals surface area contributed by atoms with E-state index >= 15 is 0 Å². The van der Waals surface area contributed by atoms with E-state index in [0.717, 1.165) is 30.9 Å². The van der Waals surface area contributed by atoms with Crippen molar-refractivity contribution in [3.63, 3.8) is 0 Å². The zero-order chi connectivity index (χ0) is 15.4. The Morgan fingerprint density at radius 1 is 0.818 bits per heavy atom. The molecule has 3 aromatic carbocycles. The van der Waals surface area contributed by atoms with Crippen molar-refractivity contribution in [2.24, 2.45) is 0 Å². The average molecular weight is 291 g/mol. The minimum absolute atomic E-state index is 0.783. The molecule has 2 nitrogen and oxygen atoms in total. The van der Waals surface area contributed by atoms with Crippen molar-refractivity contribution in [3.8, 4) is 16.9 Å². The quantitative estimate of drug-likeness (QED) is 0.513. The minimum atomic E-state index is 0.783. The summed E-state index contributed by atoms with van der Waals surface area (Å²) in [7, 11) is 0. The third kappa shape index (κ3) is 3.22. The van der Waals surface area contributed by atoms with Gasteiger partial charge in [-0.2, -0.15) is 0 Å². The van der Waals surface area contributed by atoms with Gasteiger partial charge in [-0.25, -0.2) is 0 Å². The average Bonchev–Trinajstić information content (AvgIpc) is 2.55. The fraction of sp³-hybridized carbons (Fsp3) is 0.200. The maximum Gasteiger partial charge on any atom is 0.119 e. The van der Waals surface area contributed by atoms with Gasteiger partial charge in [-0.3, -0.25) is 0 Å². The normalized spacial score (nSPS) is 10.8. The number of hydrogen-bond acceptors (Lipinski definition) is 2. The minimum Gasteiger partial charge on any atom is -0.494 e. The maximum absolute atomic E-state index is 5.77. The first-order valence-electron chi connectivity index (χ1n) is 7.79. The second-order valence-corrected chi connectivity index (χ2v) is 5.55. The molecule has 0 saturated heterocycles. The molecule has 0 amide bonds. The van der Waals surface area contributed by atoms with Gasteiger partial charge in [-0.1, -0.05) is 43.7 Å². The molecule has 3 rings (SSSR count). The fourth-order valence-corrected chi connectivity index (χ4v) is 2.50. The lowest BCUT2D eigenvalue weighted by Crippen LogP contribution is -1.96. The first-order valence-corrected chi connectivity index (χ1v) is 7.79. The van der Waals surface area contributed by atoms with Crippen molar-refractivity contribution in [1.29, 1.82) is 0 Å². The SMILES string of the molecule is CCCCOc1ccc2cc(-c3ccc(N)cc3)ccc2c1. The van der Waals surface area contributed by atoms with Crippen LogP contribution in [0.5, 0.6) is 5.75 Å². The maximum atomic E-state index is 5.77. The molecule has 0 aromatic heterocycles. The largest absolute Gasteiger partial charge is 0.494 e. The number of hydrogen-bond donors (Lipinski definition) is 1. The molecule has 0 saturated carbocycles. The van der Waals surface area contributed by atoms with Crippen LogP contribution in [-0.4, -0.2) is 6.61 Å². The predicted molar refractivity (Wildman–Crippen MR) is 94.2 cm³/mol. The van der Waals surface area contributed by atoms with E-state index < -0.39 is 0 Å². The van der Waals surface area contributed by atoms with E-state index in [0.29, 0.717) is 0 Å². The van der Waals surface area contributed by atoms with Gasteiger partial charge in [0.1, 0.15) is 5.75 Å². The Bertz CT molecular complexity index is 762. The molecule has 0 fully saturated rings. The molecule has 22 heavy (non-hydrogen) atoms. The van der Waals surface area contributed by atoms with Gasteiger partial charge in [0.25, 0.3) is 0 Å². The number of ether oxygens (including phenoxy) is 1. The van der Waals surface area contributed by atoms with Crippen LogP contribution in [0, 0.1) is 0 Å². The van der Waals surface area contributed by atoms with Gasteiger partial charge >= 0.3 is 0 Å². The van der Waals surface area contributed by atoms with Crippen LogP contribution in [0.25, 0.3) is 21.9 Å². The molecule has 0 heterocycles. The van der Waals surface area contributed by atoms with Crippen LogP contribution in [0.3, 0.4) is 0 Å². The zero-order valence-corrected chi connectivity index (χ0v) is 12.9. The first-order chi connectivity index (χ1) is 10.8. The highest BCUT2D eigenvalue weighted by Gasteiger charge is 2.02. The van der Waals surface area contributed by atoms with Crippen LogP contribution in [0.4, 0.5) is 5.69 Å². The van der Waals surface area contributed by atoms with Crippen LogP contribution in [0.15, 0.2) is 60.7 Å². The lowest BCUT2D eigenvalue weighted by molar-refractivity contribution is 0.310. The molecule has 0 aliphatic rings. The van der Waals surface area contributed by atoms with Gasteiger partial charge in [0.15, 0.2) is 0 Å². The van der Waals surface area contributed by atoms with Crippen molar-refractivity contribution in [2.75, 3.05) is 12.3 Å². The van der Waals surface area contributed by atoms with E-state index in [1.54, 1.807) is 0 Å². The van der Waals surface area contributed by atoms with Crippen molar-refractivity contribution < 1.29 is 4.74 Å². The van der Waals surface area contributed by atoms with Crippen LogP contribution in [0.2, 0.25) is 0 Å². The summed E-state index contributed by atoms with van der Waals surface area (Å²) in [5, 5.41) is 2.42. The number of benzene rings is 3. The molecule has 0 atom stereocenters. The molecule has 0 aliphatic heterocycles. The monoisotopic (exact) mass is 291 g/mol. The standard InChI is InChI=1S/C20H21NO/c1-2-3-12-22-20-11-8-17-13-16(4-5-18(17)14-20)15-6-9-19(21)10-7-15/h4-11,13-14H,2-3,12,21H2,1H3. The number of unbranched alkanes of at least 4 members (excludes halogenated alkanes) is 1. The fourth-order valence-electron chi connectivity index (χ4n) is 2.50. The van der Waals surface area contributed by atoms with Crippen LogP contribution >= 0.6 is 0 Å². The number of nitrogens with two attached hydrogens (primary N) is 1. The number of nitrogen functional groups attached to an aromatic ring is 1. The lowest BCUT2D eigenvalue weighted by atomic mass is 10.0. The van der Waals surface area contributed by atoms with Crippen LogP contribution in [0.1, 0.15) is 19.8 Å². The highest BCUT2D eigenvalue weighted by Crippen LogP contribution is 2.27. The van der Waals surface area contributed by atoms with E-state index in [9.17, 15) is 0 Å². The molecular formula is C20H21NO. The van der Waals surface area contributed by atoms with E-state index in [1.165, 1.54) is 21.9 Å². The zero-order valence-electron chi connectivity index (χ0n) is 12.9. The van der Waals surface area contributed by atoms with E-state index in [2.05, 4.69) is 49.4 Å². The third-order valence-corrected chi connectivity index (χ3v) is 3.82. The van der Waals surface area contributed by atoms with E-state index in [-0.39, 0.29) is 0 Å². The van der Waals surface area contributed by atoms with Gasteiger partial charge < -0.3 is 10.5 Å². The molecule has 2 N–H and O–H groups in total. The summed E-state index contributed by atoms with van der Waals surface area (Å²) in [6.07, 6.45) is 2.24. The summed E-state index contributed by atoms with van der Waals surface area (Å²) in [6, 6.07) is 20.7. The number of fused-ring (bicyclic) bond motifs is 1. The highest BCUT2D eigenvalue weighted by molar-refractivity contribution is 5.88. The smallest absolute Gasteiger partial charge is 0.119 e. The molecule has 0 unspecified atom stereocenters. The van der Waals surface area contributed by atoms with E-state index in [1.807, 2.05) is 18.2 Å². The summed E-state index contributed by atoms with van der Waals surface area (Å²) in [5.74, 6) is 0.946. The first kappa shape index (κ1) is 14.5. The number of rotatable bonds is 5. The molecule has 112 valence electrons. The summed E-state index contributed by atoms with van der Waals surface area (Å²) in [4.78, 5) is 0. The van der Waals surface area contributed by atoms with Crippen molar-refractivity contribution >= 4 is 16.5 Å². The summed E-state index contributed by atoms with van der Waals surface area (Å²) in [5.41, 5.74) is 8.92. The topological polar surface area (TPSA) is 35.2 Å². The summed E-state index contributed by atoms with van der Waals surface area (Å²) >= 11 is 0. The second-order valence-electron chi connectivity index (χ2n) is 5.55. The van der Waals surface area contributed by atoms with Crippen molar-refractivity contribution in [1.82, 2.24) is 0 Å². The van der Waals surface area contributed by atoms with Gasteiger partial charge in [0.2, 0.25) is 0 Å². The molecule has 2 heteroatoms.